The third kappa shape index (κ3) is 3.86. The van der Waals surface area contributed by atoms with Gasteiger partial charge in [-0.3, -0.25) is 0 Å². The first-order chi connectivity index (χ1) is 10.9. The maximum atomic E-state index is 12.8. The van der Waals surface area contributed by atoms with Gasteiger partial charge in [0, 0.05) is 18.1 Å². The number of rotatable bonds is 6. The summed E-state index contributed by atoms with van der Waals surface area (Å²) in [5, 5.41) is 0.550. The summed E-state index contributed by atoms with van der Waals surface area (Å²) in [5.41, 5.74) is 0.770. The monoisotopic (exact) mass is 353 g/mol. The molecule has 0 heterocycles. The molecule has 1 unspecified atom stereocenters. The Morgan fingerprint density at radius 2 is 1.74 bits per heavy atom. The van der Waals surface area contributed by atoms with Crippen molar-refractivity contribution in [2.45, 2.75) is 24.8 Å². The molecule has 0 aliphatic heterocycles. The Morgan fingerprint density at radius 1 is 1.13 bits per heavy atom. The highest BCUT2D eigenvalue weighted by Crippen LogP contribution is 2.30. The number of ether oxygens (including phenoxy) is 1. The van der Waals surface area contributed by atoms with Gasteiger partial charge >= 0.3 is 0 Å². The minimum absolute atomic E-state index is 0.224. The maximum absolute atomic E-state index is 12.8. The van der Waals surface area contributed by atoms with Crippen LogP contribution in [0.5, 0.6) is 5.75 Å². The zero-order valence-electron chi connectivity index (χ0n) is 13.4. The average molecular weight is 354 g/mol. The van der Waals surface area contributed by atoms with Crippen molar-refractivity contribution in [3.63, 3.8) is 0 Å². The maximum Gasteiger partial charge on any atom is 0.243 e. The molecule has 0 aliphatic rings. The molecule has 124 valence electrons. The molecule has 1 atom stereocenters. The zero-order chi connectivity index (χ0) is 17.0. The van der Waals surface area contributed by atoms with Gasteiger partial charge in [-0.05, 0) is 49.7 Å². The fourth-order valence-corrected chi connectivity index (χ4v) is 3.89. The van der Waals surface area contributed by atoms with Crippen LogP contribution in [-0.4, -0.2) is 26.4 Å². The second-order valence-corrected chi connectivity index (χ2v) is 7.53. The van der Waals surface area contributed by atoms with E-state index in [0.717, 1.165) is 5.56 Å². The van der Waals surface area contributed by atoms with Crippen molar-refractivity contribution < 1.29 is 13.2 Å². The van der Waals surface area contributed by atoms with Crippen molar-refractivity contribution in [2.75, 3.05) is 13.7 Å². The molecule has 0 saturated heterocycles. The van der Waals surface area contributed by atoms with Gasteiger partial charge in [0.05, 0.1) is 11.5 Å². The van der Waals surface area contributed by atoms with Gasteiger partial charge in [-0.2, -0.15) is 4.31 Å². The lowest BCUT2D eigenvalue weighted by Crippen LogP contribution is -2.30. The molecule has 0 fully saturated rings. The third-order valence-electron chi connectivity index (χ3n) is 3.71. The molecule has 0 amide bonds. The summed E-state index contributed by atoms with van der Waals surface area (Å²) in [4.78, 5) is 0.224. The van der Waals surface area contributed by atoms with Crippen LogP contribution in [0.4, 0.5) is 0 Å². The summed E-state index contributed by atoms with van der Waals surface area (Å²) in [6.45, 7) is 4.23. The Morgan fingerprint density at radius 3 is 2.30 bits per heavy atom. The van der Waals surface area contributed by atoms with Crippen molar-refractivity contribution in [2.24, 2.45) is 0 Å². The molecule has 0 aliphatic carbocycles. The van der Waals surface area contributed by atoms with E-state index in [9.17, 15) is 8.42 Å². The SMILES string of the molecule is CCOc1ccc(S(=O)(=O)N(C)C(C)c2ccccc2Cl)cc1. The molecule has 0 N–H and O–H groups in total. The molecule has 0 saturated carbocycles. The van der Waals surface area contributed by atoms with Crippen LogP contribution in [0.25, 0.3) is 0 Å². The summed E-state index contributed by atoms with van der Waals surface area (Å²) < 4.78 is 32.2. The molecule has 0 radical (unpaired) electrons. The van der Waals surface area contributed by atoms with Crippen LogP contribution in [0.1, 0.15) is 25.5 Å². The second kappa shape index (κ2) is 7.34. The van der Waals surface area contributed by atoms with Crippen LogP contribution in [0, 0.1) is 0 Å². The van der Waals surface area contributed by atoms with Crippen molar-refractivity contribution in [1.29, 1.82) is 0 Å². The van der Waals surface area contributed by atoms with Gasteiger partial charge in [-0.15, -0.1) is 0 Å². The van der Waals surface area contributed by atoms with Crippen molar-refractivity contribution in [3.05, 3.63) is 59.1 Å². The lowest BCUT2D eigenvalue weighted by molar-refractivity contribution is 0.340. The fraction of sp³-hybridized carbons (Fsp3) is 0.294. The van der Waals surface area contributed by atoms with Gasteiger partial charge in [0.1, 0.15) is 5.75 Å². The van der Waals surface area contributed by atoms with Crippen molar-refractivity contribution >= 4 is 21.6 Å². The number of hydrogen-bond donors (Lipinski definition) is 0. The molecule has 0 bridgehead atoms. The molecule has 23 heavy (non-hydrogen) atoms. The number of sulfonamides is 1. The van der Waals surface area contributed by atoms with Gasteiger partial charge in [0.25, 0.3) is 0 Å². The first-order valence-electron chi connectivity index (χ1n) is 7.33. The number of halogens is 1. The van der Waals surface area contributed by atoms with Crippen molar-refractivity contribution in [1.82, 2.24) is 4.31 Å². The highest BCUT2D eigenvalue weighted by molar-refractivity contribution is 7.89. The Labute approximate surface area is 142 Å². The smallest absolute Gasteiger partial charge is 0.243 e. The summed E-state index contributed by atoms with van der Waals surface area (Å²) in [5.74, 6) is 0.647. The Kier molecular flexibility index (Phi) is 5.68. The third-order valence-corrected chi connectivity index (χ3v) is 6.00. The molecular formula is C17H20ClNO3S. The second-order valence-electron chi connectivity index (χ2n) is 5.12. The molecule has 2 aromatic carbocycles. The Hall–Kier alpha value is -1.56. The quantitative estimate of drug-likeness (QED) is 0.784. The number of benzene rings is 2. The van der Waals surface area contributed by atoms with E-state index in [-0.39, 0.29) is 10.9 Å². The van der Waals surface area contributed by atoms with Crippen LogP contribution in [0.3, 0.4) is 0 Å². The predicted molar refractivity (Wildman–Crippen MR) is 92.4 cm³/mol. The van der Waals surface area contributed by atoms with Gasteiger partial charge in [0.15, 0.2) is 0 Å². The molecule has 0 spiro atoms. The normalized spacial score (nSPS) is 13.1. The molecule has 0 aromatic heterocycles. The van der Waals surface area contributed by atoms with E-state index < -0.39 is 10.0 Å². The van der Waals surface area contributed by atoms with Crippen LogP contribution < -0.4 is 4.74 Å². The number of nitrogens with zero attached hydrogens (tertiary/aromatic N) is 1. The standard InChI is InChI=1S/C17H20ClNO3S/c1-4-22-14-9-11-15(12-10-14)23(20,21)19(3)13(2)16-7-5-6-8-17(16)18/h5-13H,4H2,1-3H3. The van der Waals surface area contributed by atoms with Gasteiger partial charge in [0.2, 0.25) is 10.0 Å². The molecular weight excluding hydrogens is 334 g/mol. The van der Waals surface area contributed by atoms with Crippen LogP contribution in [-0.2, 0) is 10.0 Å². The lowest BCUT2D eigenvalue weighted by Gasteiger charge is -2.25. The predicted octanol–water partition coefficient (Wildman–Crippen LogP) is 4.12. The first-order valence-corrected chi connectivity index (χ1v) is 9.15. The van der Waals surface area contributed by atoms with Gasteiger partial charge < -0.3 is 4.74 Å². The van der Waals surface area contributed by atoms with E-state index in [1.54, 1.807) is 37.4 Å². The van der Waals surface area contributed by atoms with Gasteiger partial charge in [-0.25, -0.2) is 8.42 Å². The lowest BCUT2D eigenvalue weighted by atomic mass is 10.1. The summed E-state index contributed by atoms with van der Waals surface area (Å²) in [7, 11) is -2.06. The fourth-order valence-electron chi connectivity index (χ4n) is 2.26. The van der Waals surface area contributed by atoms with Crippen LogP contribution >= 0.6 is 11.6 Å². The Bertz CT molecular complexity index is 760. The van der Waals surface area contributed by atoms with E-state index in [4.69, 9.17) is 16.3 Å². The van der Waals surface area contributed by atoms with Crippen molar-refractivity contribution in [3.8, 4) is 5.75 Å². The largest absolute Gasteiger partial charge is 0.494 e. The number of hydrogen-bond acceptors (Lipinski definition) is 3. The molecule has 6 heteroatoms. The zero-order valence-corrected chi connectivity index (χ0v) is 14.9. The Balaban J connectivity index is 2.29. The first kappa shape index (κ1) is 17.8. The molecule has 2 rings (SSSR count). The minimum atomic E-state index is -3.62. The molecule has 2 aromatic rings. The van der Waals surface area contributed by atoms with E-state index >= 15 is 0 Å². The van der Waals surface area contributed by atoms with Crippen LogP contribution in [0.2, 0.25) is 5.02 Å². The molecule has 4 nitrogen and oxygen atoms in total. The van der Waals surface area contributed by atoms with E-state index in [2.05, 4.69) is 0 Å². The highest BCUT2D eigenvalue weighted by Gasteiger charge is 2.27. The highest BCUT2D eigenvalue weighted by atomic mass is 35.5. The van der Waals surface area contributed by atoms with E-state index in [1.807, 2.05) is 32.0 Å². The van der Waals surface area contributed by atoms with Gasteiger partial charge in [-0.1, -0.05) is 29.8 Å². The summed E-state index contributed by atoms with van der Waals surface area (Å²) >= 11 is 6.18. The summed E-state index contributed by atoms with van der Waals surface area (Å²) in [6.07, 6.45) is 0. The topological polar surface area (TPSA) is 46.6 Å². The summed E-state index contributed by atoms with van der Waals surface area (Å²) in [6, 6.07) is 13.3. The van der Waals surface area contributed by atoms with E-state index in [1.165, 1.54) is 4.31 Å². The minimum Gasteiger partial charge on any atom is -0.494 e. The van der Waals surface area contributed by atoms with E-state index in [0.29, 0.717) is 17.4 Å². The van der Waals surface area contributed by atoms with Crippen LogP contribution in [0.15, 0.2) is 53.4 Å². The average Bonchev–Trinajstić information content (AvgIpc) is 2.55.